The molecule has 2 saturated heterocycles. The van der Waals surface area contributed by atoms with Crippen LogP contribution >= 0.6 is 0 Å². The van der Waals surface area contributed by atoms with E-state index in [4.69, 9.17) is 0 Å². The van der Waals surface area contributed by atoms with Crippen molar-refractivity contribution in [1.29, 1.82) is 0 Å². The molecular formula is C26H33N3O3S. The first-order valence-electron chi connectivity index (χ1n) is 11.7. The van der Waals surface area contributed by atoms with Gasteiger partial charge in [-0.3, -0.25) is 9.69 Å². The van der Waals surface area contributed by atoms with Crippen molar-refractivity contribution >= 4 is 22.0 Å². The number of sulfonamides is 1. The summed E-state index contributed by atoms with van der Waals surface area (Å²) in [4.78, 5) is 17.7. The maximum atomic E-state index is 13.0. The topological polar surface area (TPSA) is 60.9 Å². The molecule has 0 atom stereocenters. The molecule has 7 heteroatoms. The van der Waals surface area contributed by atoms with E-state index in [9.17, 15) is 13.2 Å². The third-order valence-electron chi connectivity index (χ3n) is 6.62. The van der Waals surface area contributed by atoms with Crippen LogP contribution < -0.4 is 0 Å². The number of hydrogen-bond donors (Lipinski definition) is 0. The molecule has 1 amide bonds. The summed E-state index contributed by atoms with van der Waals surface area (Å²) in [5, 5.41) is 0. The average molecular weight is 468 g/mol. The Kier molecular flexibility index (Phi) is 7.63. The van der Waals surface area contributed by atoms with Crippen LogP contribution in [-0.2, 0) is 14.8 Å². The molecule has 0 aliphatic carbocycles. The molecule has 176 valence electrons. The highest BCUT2D eigenvalue weighted by molar-refractivity contribution is 7.89. The molecule has 2 aliphatic rings. The number of piperidine rings is 1. The van der Waals surface area contributed by atoms with Gasteiger partial charge in [-0.15, -0.1) is 0 Å². The summed E-state index contributed by atoms with van der Waals surface area (Å²) in [5.74, 6) is 0.0980. The number of benzene rings is 2. The summed E-state index contributed by atoms with van der Waals surface area (Å²) in [7, 11) is -3.49. The van der Waals surface area contributed by atoms with Gasteiger partial charge in [0.25, 0.3) is 0 Å². The second-order valence-electron chi connectivity index (χ2n) is 8.93. The van der Waals surface area contributed by atoms with Crippen molar-refractivity contribution in [2.45, 2.75) is 24.7 Å². The van der Waals surface area contributed by atoms with Gasteiger partial charge in [-0.25, -0.2) is 8.42 Å². The number of rotatable bonds is 6. The SMILES string of the molecule is Cc1ccc(S(=O)(=O)N2CCC(C(=O)N3CCN(CC=Cc4ccccc4)CC3)CC2)cc1. The zero-order valence-corrected chi connectivity index (χ0v) is 20.1. The Hall–Kier alpha value is -2.48. The number of carbonyl (C=O) groups excluding carboxylic acids is 1. The van der Waals surface area contributed by atoms with Crippen LogP contribution in [0.5, 0.6) is 0 Å². The molecule has 6 nitrogen and oxygen atoms in total. The Balaban J connectivity index is 1.23. The fourth-order valence-electron chi connectivity index (χ4n) is 4.51. The van der Waals surface area contributed by atoms with Crippen molar-refractivity contribution in [3.05, 3.63) is 71.8 Å². The van der Waals surface area contributed by atoms with Crippen LogP contribution in [0.2, 0.25) is 0 Å². The van der Waals surface area contributed by atoms with E-state index in [1.54, 1.807) is 12.1 Å². The van der Waals surface area contributed by atoms with E-state index >= 15 is 0 Å². The van der Waals surface area contributed by atoms with Crippen molar-refractivity contribution in [3.8, 4) is 0 Å². The van der Waals surface area contributed by atoms with E-state index in [1.165, 1.54) is 9.87 Å². The summed E-state index contributed by atoms with van der Waals surface area (Å²) >= 11 is 0. The lowest BCUT2D eigenvalue weighted by atomic mass is 9.96. The highest BCUT2D eigenvalue weighted by Crippen LogP contribution is 2.25. The smallest absolute Gasteiger partial charge is 0.243 e. The molecule has 2 fully saturated rings. The summed E-state index contributed by atoms with van der Waals surface area (Å²) in [6, 6.07) is 17.2. The molecule has 0 bridgehead atoms. The summed E-state index contributed by atoms with van der Waals surface area (Å²) < 4.78 is 27.3. The van der Waals surface area contributed by atoms with Crippen molar-refractivity contribution in [3.63, 3.8) is 0 Å². The first-order valence-corrected chi connectivity index (χ1v) is 13.2. The summed E-state index contributed by atoms with van der Waals surface area (Å²) in [6.07, 6.45) is 5.49. The van der Waals surface area contributed by atoms with E-state index in [0.717, 1.165) is 38.3 Å². The van der Waals surface area contributed by atoms with Gasteiger partial charge in [-0.2, -0.15) is 4.31 Å². The van der Waals surface area contributed by atoms with Gasteiger partial charge in [0.2, 0.25) is 15.9 Å². The number of nitrogens with zero attached hydrogens (tertiary/aromatic N) is 3. The highest BCUT2D eigenvalue weighted by Gasteiger charge is 2.34. The molecule has 0 aromatic heterocycles. The Bertz CT molecular complexity index is 1050. The Morgan fingerprint density at radius 3 is 2.18 bits per heavy atom. The molecule has 33 heavy (non-hydrogen) atoms. The second-order valence-corrected chi connectivity index (χ2v) is 10.9. The van der Waals surface area contributed by atoms with E-state index in [-0.39, 0.29) is 11.8 Å². The molecule has 0 spiro atoms. The molecule has 2 aromatic rings. The molecule has 2 aromatic carbocycles. The van der Waals surface area contributed by atoms with Crippen LogP contribution in [0.3, 0.4) is 0 Å². The molecule has 2 aliphatic heterocycles. The van der Waals surface area contributed by atoms with Gasteiger partial charge in [0.15, 0.2) is 0 Å². The number of piperazine rings is 1. The fourth-order valence-corrected chi connectivity index (χ4v) is 5.98. The molecule has 0 N–H and O–H groups in total. The van der Waals surface area contributed by atoms with Crippen LogP contribution in [0, 0.1) is 12.8 Å². The predicted octanol–water partition coefficient (Wildman–Crippen LogP) is 3.25. The molecule has 4 rings (SSSR count). The number of amides is 1. The fraction of sp³-hybridized carbons (Fsp3) is 0.423. The van der Waals surface area contributed by atoms with Gasteiger partial charge in [-0.1, -0.05) is 60.2 Å². The first-order chi connectivity index (χ1) is 15.9. The third-order valence-corrected chi connectivity index (χ3v) is 8.53. The summed E-state index contributed by atoms with van der Waals surface area (Å²) in [6.45, 7) is 6.82. The molecular weight excluding hydrogens is 434 g/mol. The normalized spacial score (nSPS) is 19.2. The minimum Gasteiger partial charge on any atom is -0.340 e. The highest BCUT2D eigenvalue weighted by atomic mass is 32.2. The Labute approximate surface area is 197 Å². The van der Waals surface area contributed by atoms with E-state index in [0.29, 0.717) is 30.8 Å². The Morgan fingerprint density at radius 1 is 0.909 bits per heavy atom. The predicted molar refractivity (Wildman–Crippen MR) is 131 cm³/mol. The van der Waals surface area contributed by atoms with E-state index in [2.05, 4.69) is 29.2 Å². The lowest BCUT2D eigenvalue weighted by Gasteiger charge is -2.38. The van der Waals surface area contributed by atoms with Crippen LogP contribution in [0.1, 0.15) is 24.0 Å². The van der Waals surface area contributed by atoms with Crippen molar-refractivity contribution in [2.24, 2.45) is 5.92 Å². The standard InChI is InChI=1S/C26H33N3O3S/c1-22-9-11-25(12-10-22)33(31,32)29-16-13-24(14-17-29)26(30)28-20-18-27(19-21-28)15-5-8-23-6-3-2-4-7-23/h2-12,24H,13-21H2,1H3. The van der Waals surface area contributed by atoms with Crippen LogP contribution in [0.4, 0.5) is 0 Å². The van der Waals surface area contributed by atoms with Gasteiger partial charge in [0, 0.05) is 51.7 Å². The van der Waals surface area contributed by atoms with Crippen molar-refractivity contribution in [2.75, 3.05) is 45.8 Å². The van der Waals surface area contributed by atoms with Gasteiger partial charge >= 0.3 is 0 Å². The molecule has 2 heterocycles. The lowest BCUT2D eigenvalue weighted by Crippen LogP contribution is -2.51. The van der Waals surface area contributed by atoms with Gasteiger partial charge in [0.05, 0.1) is 4.90 Å². The minimum absolute atomic E-state index is 0.0843. The van der Waals surface area contributed by atoms with Crippen LogP contribution in [0.25, 0.3) is 6.08 Å². The zero-order valence-electron chi connectivity index (χ0n) is 19.3. The largest absolute Gasteiger partial charge is 0.340 e. The van der Waals surface area contributed by atoms with Crippen LogP contribution in [-0.4, -0.2) is 74.2 Å². The number of carbonyl (C=O) groups is 1. The lowest BCUT2D eigenvalue weighted by molar-refractivity contribution is -0.138. The third kappa shape index (κ3) is 5.91. The maximum Gasteiger partial charge on any atom is 0.243 e. The van der Waals surface area contributed by atoms with Gasteiger partial charge in [-0.05, 0) is 37.5 Å². The van der Waals surface area contributed by atoms with Gasteiger partial charge < -0.3 is 4.90 Å². The number of aryl methyl sites for hydroxylation is 1. The monoisotopic (exact) mass is 467 g/mol. The molecule has 0 unspecified atom stereocenters. The Morgan fingerprint density at radius 2 is 1.55 bits per heavy atom. The molecule has 0 radical (unpaired) electrons. The van der Waals surface area contributed by atoms with E-state index < -0.39 is 10.0 Å². The van der Waals surface area contributed by atoms with E-state index in [1.807, 2.05) is 42.2 Å². The quantitative estimate of drug-likeness (QED) is 0.654. The maximum absolute atomic E-state index is 13.0. The summed E-state index contributed by atoms with van der Waals surface area (Å²) in [5.41, 5.74) is 2.23. The zero-order chi connectivity index (χ0) is 23.3. The van der Waals surface area contributed by atoms with Crippen molar-refractivity contribution < 1.29 is 13.2 Å². The van der Waals surface area contributed by atoms with Gasteiger partial charge in [0.1, 0.15) is 0 Å². The van der Waals surface area contributed by atoms with Crippen LogP contribution in [0.15, 0.2) is 65.6 Å². The number of hydrogen-bond acceptors (Lipinski definition) is 4. The average Bonchev–Trinajstić information content (AvgIpc) is 2.85. The molecule has 0 saturated carbocycles. The second kappa shape index (κ2) is 10.6. The minimum atomic E-state index is -3.49. The first kappa shape index (κ1) is 23.7. The van der Waals surface area contributed by atoms with Crippen molar-refractivity contribution in [1.82, 2.24) is 14.1 Å².